The van der Waals surface area contributed by atoms with Gasteiger partial charge in [0.05, 0.1) is 0 Å². The van der Waals surface area contributed by atoms with Gasteiger partial charge in [0, 0.05) is 19.6 Å². The molecule has 0 saturated carbocycles. The molecule has 2 aromatic rings. The van der Waals surface area contributed by atoms with Crippen LogP contribution in [-0.2, 0) is 22.4 Å². The smallest absolute Gasteiger partial charge is 0.246 e. The van der Waals surface area contributed by atoms with Gasteiger partial charge in [0.15, 0.2) is 0 Å². The van der Waals surface area contributed by atoms with Gasteiger partial charge in [-0.05, 0) is 75.0 Å². The monoisotopic (exact) mass is 489 g/mol. The zero-order valence-electron chi connectivity index (χ0n) is 22.1. The average molecular weight is 490 g/mol. The third kappa shape index (κ3) is 6.56. The van der Waals surface area contributed by atoms with E-state index in [4.69, 9.17) is 0 Å². The number of amides is 2. The zero-order valence-corrected chi connectivity index (χ0v) is 22.1. The van der Waals surface area contributed by atoms with Crippen LogP contribution >= 0.6 is 0 Å². The van der Waals surface area contributed by atoms with Gasteiger partial charge in [-0.3, -0.25) is 9.59 Å². The Morgan fingerprint density at radius 2 is 1.42 bits per heavy atom. The topological polar surface area (TPSA) is 52.7 Å². The number of benzene rings is 2. The Balaban J connectivity index is 1.35. The van der Waals surface area contributed by atoms with Gasteiger partial charge < -0.3 is 15.1 Å². The summed E-state index contributed by atoms with van der Waals surface area (Å²) in [5, 5.41) is 3.13. The van der Waals surface area contributed by atoms with E-state index < -0.39 is 11.6 Å². The van der Waals surface area contributed by atoms with Crippen LogP contribution < -0.4 is 5.32 Å². The van der Waals surface area contributed by atoms with Gasteiger partial charge in [0.25, 0.3) is 0 Å². The van der Waals surface area contributed by atoms with Gasteiger partial charge in [-0.15, -0.1) is 0 Å². The fourth-order valence-electron chi connectivity index (χ4n) is 5.87. The Morgan fingerprint density at radius 1 is 0.833 bits per heavy atom. The molecule has 2 aliphatic rings. The van der Waals surface area contributed by atoms with Crippen LogP contribution in [0, 0.1) is 5.92 Å². The van der Waals surface area contributed by atoms with Crippen molar-refractivity contribution in [3.8, 4) is 0 Å². The van der Waals surface area contributed by atoms with Crippen LogP contribution in [0.25, 0.3) is 0 Å². The van der Waals surface area contributed by atoms with Crippen molar-refractivity contribution in [1.29, 1.82) is 0 Å². The minimum Gasteiger partial charge on any atom is -0.342 e. The molecule has 0 aromatic heterocycles. The zero-order chi connectivity index (χ0) is 25.4. The van der Waals surface area contributed by atoms with Crippen LogP contribution in [0.1, 0.15) is 63.5 Å². The maximum Gasteiger partial charge on any atom is 0.246 e. The molecule has 2 saturated heterocycles. The van der Waals surface area contributed by atoms with E-state index in [1.165, 1.54) is 17.5 Å². The molecule has 2 aromatic carbocycles. The van der Waals surface area contributed by atoms with Crippen molar-refractivity contribution < 1.29 is 9.59 Å². The van der Waals surface area contributed by atoms with Crippen molar-refractivity contribution in [2.75, 3.05) is 26.2 Å². The molecular weight excluding hydrogens is 446 g/mol. The van der Waals surface area contributed by atoms with Crippen molar-refractivity contribution in [2.24, 2.45) is 5.92 Å². The van der Waals surface area contributed by atoms with Gasteiger partial charge in [0.1, 0.15) is 11.6 Å². The minimum atomic E-state index is -0.693. The number of piperazine rings is 1. The molecule has 4 rings (SSSR count). The number of nitrogens with one attached hydrogen (secondary N) is 1. The normalized spacial score (nSPS) is 20.2. The van der Waals surface area contributed by atoms with Crippen LogP contribution in [0.15, 0.2) is 60.7 Å². The Morgan fingerprint density at radius 3 is 2.00 bits per heavy atom. The van der Waals surface area contributed by atoms with E-state index in [-0.39, 0.29) is 11.8 Å². The lowest BCUT2D eigenvalue weighted by Crippen LogP contribution is -2.73. The quantitative estimate of drug-likeness (QED) is 0.459. The lowest BCUT2D eigenvalue weighted by molar-refractivity contribution is -0.161. The molecule has 0 unspecified atom stereocenters. The summed E-state index contributed by atoms with van der Waals surface area (Å²) in [7, 11) is 0. The van der Waals surface area contributed by atoms with Crippen LogP contribution in [0.4, 0.5) is 0 Å². The number of likely N-dealkylation sites (tertiary alicyclic amines) is 1. The highest BCUT2D eigenvalue weighted by Gasteiger charge is 2.53. The third-order valence-electron chi connectivity index (χ3n) is 7.92. The highest BCUT2D eigenvalue weighted by atomic mass is 16.2. The largest absolute Gasteiger partial charge is 0.342 e. The molecule has 194 valence electrons. The molecule has 2 amide bonds. The number of carbonyl (C=O) groups is 2. The second-order valence-electron chi connectivity index (χ2n) is 11.1. The highest BCUT2D eigenvalue weighted by molar-refractivity contribution is 6.00. The summed E-state index contributed by atoms with van der Waals surface area (Å²) in [6, 6.07) is 20.7. The Bertz CT molecular complexity index is 968. The fourth-order valence-corrected chi connectivity index (χ4v) is 5.87. The average Bonchev–Trinajstić information content (AvgIpc) is 2.89. The standard InChI is InChI=1S/C31H43N3O2/c1-25(2)24-28-29(35)34(21-11-17-27-14-7-4-8-15-27)31(30(36)32-28)18-22-33(23-19-31)20-10-9-16-26-12-5-3-6-13-26/h3-8,12-15,25,28H,9-11,16-24H2,1-2H3,(H,32,36)/t28-/m0/s1. The first-order chi connectivity index (χ1) is 17.5. The predicted octanol–water partition coefficient (Wildman–Crippen LogP) is 4.85. The van der Waals surface area contributed by atoms with Crippen LogP contribution in [0.2, 0.25) is 0 Å². The van der Waals surface area contributed by atoms with Gasteiger partial charge >= 0.3 is 0 Å². The summed E-state index contributed by atoms with van der Waals surface area (Å²) in [6.07, 6.45) is 7.39. The Kier molecular flexibility index (Phi) is 9.19. The second-order valence-corrected chi connectivity index (χ2v) is 11.1. The second kappa shape index (κ2) is 12.5. The minimum absolute atomic E-state index is 0.0659. The number of hydrogen-bond donors (Lipinski definition) is 1. The maximum absolute atomic E-state index is 13.6. The predicted molar refractivity (Wildman–Crippen MR) is 146 cm³/mol. The molecule has 0 bridgehead atoms. The SMILES string of the molecule is CC(C)C[C@@H]1NC(=O)C2(CCN(CCCCc3ccccc3)CC2)N(CCCc2ccccc2)C1=O. The first-order valence-electron chi connectivity index (χ1n) is 13.9. The van der Waals surface area contributed by atoms with E-state index in [0.717, 1.165) is 58.2 Å². The van der Waals surface area contributed by atoms with Gasteiger partial charge in [-0.1, -0.05) is 74.5 Å². The Hall–Kier alpha value is -2.66. The molecule has 0 aliphatic carbocycles. The molecule has 0 radical (unpaired) electrons. The maximum atomic E-state index is 13.6. The van der Waals surface area contributed by atoms with E-state index in [0.29, 0.717) is 18.9 Å². The summed E-state index contributed by atoms with van der Waals surface area (Å²) >= 11 is 0. The highest BCUT2D eigenvalue weighted by Crippen LogP contribution is 2.34. The number of carbonyl (C=O) groups excluding carboxylic acids is 2. The molecule has 1 atom stereocenters. The van der Waals surface area contributed by atoms with E-state index >= 15 is 0 Å². The van der Waals surface area contributed by atoms with Gasteiger partial charge in [0.2, 0.25) is 11.8 Å². The number of aryl methyl sites for hydroxylation is 2. The summed E-state index contributed by atoms with van der Waals surface area (Å²) < 4.78 is 0. The Labute approximate surface area is 217 Å². The number of nitrogens with zero attached hydrogens (tertiary/aromatic N) is 2. The lowest BCUT2D eigenvalue weighted by Gasteiger charge is -2.52. The van der Waals surface area contributed by atoms with Crippen LogP contribution in [-0.4, -0.2) is 59.4 Å². The molecule has 36 heavy (non-hydrogen) atoms. The lowest BCUT2D eigenvalue weighted by atomic mass is 9.80. The number of rotatable bonds is 11. The summed E-state index contributed by atoms with van der Waals surface area (Å²) in [5.41, 5.74) is 1.99. The molecule has 5 heteroatoms. The molecule has 1 spiro atoms. The van der Waals surface area contributed by atoms with E-state index in [2.05, 4.69) is 78.7 Å². The van der Waals surface area contributed by atoms with Crippen LogP contribution in [0.3, 0.4) is 0 Å². The number of unbranched alkanes of at least 4 members (excludes halogenated alkanes) is 1. The summed E-state index contributed by atoms with van der Waals surface area (Å²) in [6.45, 7) is 7.67. The molecule has 1 N–H and O–H groups in total. The third-order valence-corrected chi connectivity index (χ3v) is 7.92. The number of piperidine rings is 1. The summed E-state index contributed by atoms with van der Waals surface area (Å²) in [4.78, 5) is 31.7. The fraction of sp³-hybridized carbons (Fsp3) is 0.548. The molecule has 2 heterocycles. The van der Waals surface area contributed by atoms with E-state index in [1.54, 1.807) is 0 Å². The first-order valence-corrected chi connectivity index (χ1v) is 13.9. The van der Waals surface area contributed by atoms with E-state index in [1.807, 2.05) is 11.0 Å². The van der Waals surface area contributed by atoms with Crippen molar-refractivity contribution >= 4 is 11.8 Å². The van der Waals surface area contributed by atoms with E-state index in [9.17, 15) is 9.59 Å². The van der Waals surface area contributed by atoms with Gasteiger partial charge in [-0.2, -0.15) is 0 Å². The molecule has 2 fully saturated rings. The first kappa shape index (κ1) is 26.4. The van der Waals surface area contributed by atoms with Crippen LogP contribution in [0.5, 0.6) is 0 Å². The van der Waals surface area contributed by atoms with Crippen molar-refractivity contribution in [1.82, 2.24) is 15.1 Å². The van der Waals surface area contributed by atoms with Crippen molar-refractivity contribution in [2.45, 2.75) is 76.8 Å². The number of hydrogen-bond acceptors (Lipinski definition) is 3. The van der Waals surface area contributed by atoms with Gasteiger partial charge in [-0.25, -0.2) is 0 Å². The summed E-state index contributed by atoms with van der Waals surface area (Å²) in [5.74, 6) is 0.543. The van der Waals surface area contributed by atoms with Crippen molar-refractivity contribution in [3.63, 3.8) is 0 Å². The molecular formula is C31H43N3O2. The molecule has 5 nitrogen and oxygen atoms in total. The van der Waals surface area contributed by atoms with Crippen molar-refractivity contribution in [3.05, 3.63) is 71.8 Å². The molecule has 2 aliphatic heterocycles.